The standard InChI is InChI=1S/C31H34ClN3O3/c1-4-6-14-21-34(31(37)28(32)22-15-8-7-9-16-22)25(5-2)29-33-24-18-11-10-17-23(24)30(36)35(29)26-19-12-13-20-27(26)38-3/h7-13,15-20,25,28H,4-6,14,21H2,1-3H3. The van der Waals surface area contributed by atoms with Crippen molar-refractivity contribution in [1.82, 2.24) is 14.5 Å². The molecule has 0 saturated carbocycles. The summed E-state index contributed by atoms with van der Waals surface area (Å²) in [5, 5.41) is -0.348. The van der Waals surface area contributed by atoms with Crippen molar-refractivity contribution in [3.63, 3.8) is 0 Å². The van der Waals surface area contributed by atoms with Crippen LogP contribution in [0.1, 0.15) is 62.3 Å². The van der Waals surface area contributed by atoms with Gasteiger partial charge in [0, 0.05) is 6.54 Å². The number of amides is 1. The van der Waals surface area contributed by atoms with Gasteiger partial charge in [-0.25, -0.2) is 4.98 Å². The lowest BCUT2D eigenvalue weighted by atomic mass is 10.1. The van der Waals surface area contributed by atoms with Gasteiger partial charge in [-0.05, 0) is 42.7 Å². The molecule has 38 heavy (non-hydrogen) atoms. The van der Waals surface area contributed by atoms with Gasteiger partial charge in [0.1, 0.15) is 17.0 Å². The third-order valence-corrected chi connectivity index (χ3v) is 7.22. The van der Waals surface area contributed by atoms with Crippen LogP contribution in [-0.2, 0) is 4.79 Å². The molecule has 198 valence electrons. The minimum Gasteiger partial charge on any atom is -0.495 e. The Morgan fingerprint density at radius 3 is 2.37 bits per heavy atom. The molecule has 3 aromatic carbocycles. The third-order valence-electron chi connectivity index (χ3n) is 6.78. The molecule has 2 unspecified atom stereocenters. The Morgan fingerprint density at radius 2 is 1.66 bits per heavy atom. The summed E-state index contributed by atoms with van der Waals surface area (Å²) in [5.74, 6) is 0.837. The zero-order valence-corrected chi connectivity index (χ0v) is 22.9. The number of benzene rings is 3. The number of carbonyl (C=O) groups excluding carboxylic acids is 1. The Labute approximate surface area is 228 Å². The molecular formula is C31H34ClN3O3. The SMILES string of the molecule is CCCCCN(C(=O)C(Cl)c1ccccc1)C(CC)c1nc2ccccc2c(=O)n1-c1ccccc1OC. The van der Waals surface area contributed by atoms with E-state index in [4.69, 9.17) is 21.3 Å². The van der Waals surface area contributed by atoms with Crippen LogP contribution in [0, 0.1) is 0 Å². The van der Waals surface area contributed by atoms with E-state index in [1.54, 1.807) is 17.7 Å². The molecule has 0 spiro atoms. The average molecular weight is 532 g/mol. The van der Waals surface area contributed by atoms with E-state index in [9.17, 15) is 9.59 Å². The molecule has 1 amide bonds. The van der Waals surface area contributed by atoms with E-state index in [2.05, 4.69) is 6.92 Å². The highest BCUT2D eigenvalue weighted by Crippen LogP contribution is 2.33. The van der Waals surface area contributed by atoms with Gasteiger partial charge in [0.15, 0.2) is 0 Å². The maximum atomic E-state index is 14.0. The molecule has 0 saturated heterocycles. The predicted octanol–water partition coefficient (Wildman–Crippen LogP) is 6.84. The van der Waals surface area contributed by atoms with E-state index in [0.29, 0.717) is 41.1 Å². The van der Waals surface area contributed by atoms with Crippen molar-refractivity contribution in [2.45, 2.75) is 50.9 Å². The molecule has 6 nitrogen and oxygen atoms in total. The van der Waals surface area contributed by atoms with Crippen LogP contribution in [-0.4, -0.2) is 34.0 Å². The number of unbranched alkanes of at least 4 members (excludes halogenated alkanes) is 2. The lowest BCUT2D eigenvalue weighted by Gasteiger charge is -2.34. The summed E-state index contributed by atoms with van der Waals surface area (Å²) in [6, 6.07) is 23.6. The molecule has 0 bridgehead atoms. The van der Waals surface area contributed by atoms with Gasteiger partial charge in [-0.3, -0.25) is 14.2 Å². The van der Waals surface area contributed by atoms with Crippen LogP contribution in [0.15, 0.2) is 83.7 Å². The quantitative estimate of drug-likeness (QED) is 0.157. The largest absolute Gasteiger partial charge is 0.495 e. The summed E-state index contributed by atoms with van der Waals surface area (Å²) in [4.78, 5) is 34.8. The lowest BCUT2D eigenvalue weighted by molar-refractivity contribution is -0.133. The fourth-order valence-electron chi connectivity index (χ4n) is 4.83. The van der Waals surface area contributed by atoms with Crippen molar-refractivity contribution in [3.8, 4) is 11.4 Å². The molecule has 0 aliphatic carbocycles. The molecule has 7 heteroatoms. The Morgan fingerprint density at radius 1 is 0.974 bits per heavy atom. The summed E-state index contributed by atoms with van der Waals surface area (Å²) in [6.45, 7) is 4.64. The number of para-hydroxylation sites is 3. The van der Waals surface area contributed by atoms with Gasteiger partial charge in [-0.2, -0.15) is 0 Å². The van der Waals surface area contributed by atoms with Crippen LogP contribution in [0.2, 0.25) is 0 Å². The Hall–Kier alpha value is -3.64. The first kappa shape index (κ1) is 27.4. The number of ether oxygens (including phenoxy) is 1. The molecule has 0 radical (unpaired) electrons. The van der Waals surface area contributed by atoms with Crippen molar-refractivity contribution < 1.29 is 9.53 Å². The second-order valence-corrected chi connectivity index (χ2v) is 9.67. The average Bonchev–Trinajstić information content (AvgIpc) is 2.96. The number of aromatic nitrogens is 2. The maximum absolute atomic E-state index is 14.0. The fraction of sp³-hybridized carbons (Fsp3) is 0.323. The number of methoxy groups -OCH3 is 1. The number of carbonyl (C=O) groups is 1. The Balaban J connectivity index is 1.92. The summed E-state index contributed by atoms with van der Waals surface area (Å²) in [7, 11) is 1.58. The zero-order chi connectivity index (χ0) is 27.1. The van der Waals surface area contributed by atoms with Crippen molar-refractivity contribution in [2.75, 3.05) is 13.7 Å². The first-order chi connectivity index (χ1) is 18.5. The zero-order valence-electron chi connectivity index (χ0n) is 22.1. The number of hydrogen-bond donors (Lipinski definition) is 0. The van der Waals surface area contributed by atoms with Crippen molar-refractivity contribution >= 4 is 28.4 Å². The fourth-order valence-corrected chi connectivity index (χ4v) is 5.10. The third kappa shape index (κ3) is 5.60. The van der Waals surface area contributed by atoms with Crippen LogP contribution < -0.4 is 10.3 Å². The first-order valence-corrected chi connectivity index (χ1v) is 13.6. The van der Waals surface area contributed by atoms with Crippen LogP contribution >= 0.6 is 11.6 Å². The molecule has 0 aliphatic heterocycles. The topological polar surface area (TPSA) is 64.4 Å². The first-order valence-electron chi connectivity index (χ1n) is 13.2. The number of rotatable bonds is 11. The molecule has 4 aromatic rings. The van der Waals surface area contributed by atoms with E-state index >= 15 is 0 Å². The van der Waals surface area contributed by atoms with Crippen LogP contribution in [0.5, 0.6) is 5.75 Å². The molecular weight excluding hydrogens is 498 g/mol. The normalized spacial score (nSPS) is 12.7. The monoisotopic (exact) mass is 531 g/mol. The highest BCUT2D eigenvalue weighted by molar-refractivity contribution is 6.30. The molecule has 0 fully saturated rings. The highest BCUT2D eigenvalue weighted by atomic mass is 35.5. The van der Waals surface area contributed by atoms with Crippen molar-refractivity contribution in [2.24, 2.45) is 0 Å². The van der Waals surface area contributed by atoms with Crippen LogP contribution in [0.3, 0.4) is 0 Å². The molecule has 2 atom stereocenters. The number of alkyl halides is 1. The van der Waals surface area contributed by atoms with E-state index in [0.717, 1.165) is 24.8 Å². The van der Waals surface area contributed by atoms with Crippen LogP contribution in [0.4, 0.5) is 0 Å². The smallest absolute Gasteiger partial charge is 0.266 e. The second-order valence-electron chi connectivity index (χ2n) is 9.24. The molecule has 0 N–H and O–H groups in total. The van der Waals surface area contributed by atoms with Gasteiger partial charge in [0.25, 0.3) is 5.56 Å². The number of fused-ring (bicyclic) bond motifs is 1. The molecule has 1 heterocycles. The number of nitrogens with zero attached hydrogens (tertiary/aromatic N) is 3. The van der Waals surface area contributed by atoms with Gasteiger partial charge in [0.05, 0.1) is 29.7 Å². The Bertz CT molecular complexity index is 1440. The predicted molar refractivity (Wildman–Crippen MR) is 153 cm³/mol. The summed E-state index contributed by atoms with van der Waals surface area (Å²) in [6.07, 6.45) is 3.37. The Kier molecular flexibility index (Phi) is 9.19. The van der Waals surface area contributed by atoms with Gasteiger partial charge in [-0.1, -0.05) is 81.3 Å². The summed E-state index contributed by atoms with van der Waals surface area (Å²) in [5.41, 5.74) is 1.70. The number of hydrogen-bond acceptors (Lipinski definition) is 4. The van der Waals surface area contributed by atoms with E-state index in [1.807, 2.05) is 84.6 Å². The van der Waals surface area contributed by atoms with Gasteiger partial charge < -0.3 is 9.64 Å². The summed E-state index contributed by atoms with van der Waals surface area (Å²) >= 11 is 6.78. The summed E-state index contributed by atoms with van der Waals surface area (Å²) < 4.78 is 7.23. The van der Waals surface area contributed by atoms with Gasteiger partial charge in [0.2, 0.25) is 5.91 Å². The van der Waals surface area contributed by atoms with Gasteiger partial charge in [-0.15, -0.1) is 11.6 Å². The maximum Gasteiger partial charge on any atom is 0.266 e. The molecule has 0 aliphatic rings. The van der Waals surface area contributed by atoms with Crippen molar-refractivity contribution in [3.05, 3.63) is 101 Å². The number of halogens is 1. The van der Waals surface area contributed by atoms with Gasteiger partial charge >= 0.3 is 0 Å². The minimum absolute atomic E-state index is 0.199. The van der Waals surface area contributed by atoms with E-state index < -0.39 is 11.4 Å². The second kappa shape index (κ2) is 12.7. The van der Waals surface area contributed by atoms with Crippen molar-refractivity contribution in [1.29, 1.82) is 0 Å². The minimum atomic E-state index is -0.848. The molecule has 4 rings (SSSR count). The lowest BCUT2D eigenvalue weighted by Crippen LogP contribution is -2.40. The highest BCUT2D eigenvalue weighted by Gasteiger charge is 2.33. The van der Waals surface area contributed by atoms with E-state index in [-0.39, 0.29) is 11.5 Å². The van der Waals surface area contributed by atoms with Crippen LogP contribution in [0.25, 0.3) is 16.6 Å². The molecule has 1 aromatic heterocycles. The van der Waals surface area contributed by atoms with E-state index in [1.165, 1.54) is 0 Å².